The summed E-state index contributed by atoms with van der Waals surface area (Å²) in [5.74, 6) is 0. The highest BCUT2D eigenvalue weighted by Gasteiger charge is 2.34. The summed E-state index contributed by atoms with van der Waals surface area (Å²) in [6, 6.07) is 8.06. The van der Waals surface area contributed by atoms with E-state index in [4.69, 9.17) is 10.5 Å². The molecule has 4 nitrogen and oxygen atoms in total. The van der Waals surface area contributed by atoms with E-state index >= 15 is 0 Å². The number of hydrogen-bond donors (Lipinski definition) is 1. The predicted molar refractivity (Wildman–Crippen MR) is 66.9 cm³/mol. The molecule has 0 atom stereocenters. The molecule has 1 saturated carbocycles. The molecule has 1 aliphatic carbocycles. The highest BCUT2D eigenvalue weighted by molar-refractivity contribution is 5.88. The number of rotatable bonds is 4. The first-order valence-electron chi connectivity index (χ1n) is 6.01. The van der Waals surface area contributed by atoms with Gasteiger partial charge in [-0.05, 0) is 37.5 Å². The summed E-state index contributed by atoms with van der Waals surface area (Å²) in [5.41, 5.74) is 7.51. The van der Waals surface area contributed by atoms with Crippen LogP contribution in [0.4, 0.5) is 10.5 Å². The number of carbonyl (C=O) groups excluding carboxylic acids is 1. The topological polar surface area (TPSA) is 55.6 Å². The molecule has 1 amide bonds. The van der Waals surface area contributed by atoms with Gasteiger partial charge in [0.25, 0.3) is 0 Å². The fraction of sp³-hybridized carbons (Fsp3) is 0.462. The van der Waals surface area contributed by atoms with Gasteiger partial charge in [0, 0.05) is 18.3 Å². The summed E-state index contributed by atoms with van der Waals surface area (Å²) in [6.45, 7) is 2.74. The molecule has 0 spiro atoms. The SMILES string of the molecule is CCOC(=O)N(c1ccc(CN)cc1)C1CC1. The number of carbonyl (C=O) groups is 1. The lowest BCUT2D eigenvalue weighted by Gasteiger charge is -2.21. The van der Waals surface area contributed by atoms with E-state index in [9.17, 15) is 4.79 Å². The van der Waals surface area contributed by atoms with E-state index in [-0.39, 0.29) is 6.09 Å². The number of hydrogen-bond acceptors (Lipinski definition) is 3. The van der Waals surface area contributed by atoms with Gasteiger partial charge in [-0.25, -0.2) is 4.79 Å². The molecule has 4 heteroatoms. The lowest BCUT2D eigenvalue weighted by atomic mass is 10.2. The third-order valence-corrected chi connectivity index (χ3v) is 2.83. The van der Waals surface area contributed by atoms with Crippen molar-refractivity contribution in [2.24, 2.45) is 5.73 Å². The van der Waals surface area contributed by atoms with Crippen LogP contribution in [0.1, 0.15) is 25.3 Å². The van der Waals surface area contributed by atoms with E-state index in [1.165, 1.54) is 0 Å². The van der Waals surface area contributed by atoms with Crippen LogP contribution in [0.5, 0.6) is 0 Å². The average Bonchev–Trinajstić information content (AvgIpc) is 3.15. The summed E-state index contributed by atoms with van der Waals surface area (Å²) < 4.78 is 5.08. The molecular weight excluding hydrogens is 216 g/mol. The average molecular weight is 234 g/mol. The van der Waals surface area contributed by atoms with E-state index in [1.807, 2.05) is 31.2 Å². The number of anilines is 1. The maximum atomic E-state index is 11.9. The summed E-state index contributed by atoms with van der Waals surface area (Å²) >= 11 is 0. The van der Waals surface area contributed by atoms with Crippen molar-refractivity contribution in [1.82, 2.24) is 0 Å². The minimum atomic E-state index is -0.254. The molecule has 17 heavy (non-hydrogen) atoms. The molecule has 1 aromatic carbocycles. The summed E-state index contributed by atoms with van der Waals surface area (Å²) in [7, 11) is 0. The van der Waals surface area contributed by atoms with Crippen molar-refractivity contribution in [3.8, 4) is 0 Å². The normalized spacial score (nSPS) is 14.5. The second-order valence-electron chi connectivity index (χ2n) is 4.17. The molecule has 2 N–H and O–H groups in total. The Morgan fingerprint density at radius 3 is 2.53 bits per heavy atom. The van der Waals surface area contributed by atoms with E-state index in [1.54, 1.807) is 4.90 Å². The van der Waals surface area contributed by atoms with Crippen molar-refractivity contribution >= 4 is 11.8 Å². The second kappa shape index (κ2) is 5.19. The zero-order valence-corrected chi connectivity index (χ0v) is 10.1. The molecule has 0 aromatic heterocycles. The Bertz CT molecular complexity index is 385. The van der Waals surface area contributed by atoms with Gasteiger partial charge in [-0.2, -0.15) is 0 Å². The van der Waals surface area contributed by atoms with Crippen LogP contribution in [0.15, 0.2) is 24.3 Å². The van der Waals surface area contributed by atoms with Crippen LogP contribution < -0.4 is 10.6 Å². The van der Waals surface area contributed by atoms with Crippen molar-refractivity contribution in [3.63, 3.8) is 0 Å². The first-order chi connectivity index (χ1) is 8.26. The van der Waals surface area contributed by atoms with Crippen molar-refractivity contribution in [3.05, 3.63) is 29.8 Å². The molecule has 1 aliphatic rings. The van der Waals surface area contributed by atoms with Gasteiger partial charge in [-0.1, -0.05) is 12.1 Å². The maximum absolute atomic E-state index is 11.9. The van der Waals surface area contributed by atoms with E-state index in [2.05, 4.69) is 0 Å². The quantitative estimate of drug-likeness (QED) is 0.869. The zero-order valence-electron chi connectivity index (χ0n) is 10.1. The van der Waals surface area contributed by atoms with Crippen molar-refractivity contribution in [2.45, 2.75) is 32.4 Å². The Morgan fingerprint density at radius 2 is 2.06 bits per heavy atom. The molecule has 2 rings (SSSR count). The van der Waals surface area contributed by atoms with Gasteiger partial charge in [0.05, 0.1) is 6.61 Å². The van der Waals surface area contributed by atoms with Crippen LogP contribution in [0.25, 0.3) is 0 Å². The smallest absolute Gasteiger partial charge is 0.414 e. The first kappa shape index (κ1) is 11.9. The van der Waals surface area contributed by atoms with Crippen LogP contribution in [-0.2, 0) is 11.3 Å². The van der Waals surface area contributed by atoms with E-state index in [0.29, 0.717) is 19.2 Å². The van der Waals surface area contributed by atoms with Crippen molar-refractivity contribution < 1.29 is 9.53 Å². The zero-order chi connectivity index (χ0) is 12.3. The summed E-state index contributed by atoms with van der Waals surface area (Å²) in [4.78, 5) is 13.6. The Hall–Kier alpha value is -1.55. The molecule has 1 fully saturated rings. The number of nitrogens with zero attached hydrogens (tertiary/aromatic N) is 1. The predicted octanol–water partition coefficient (Wildman–Crippen LogP) is 2.27. The fourth-order valence-corrected chi connectivity index (χ4v) is 1.78. The molecule has 0 saturated heterocycles. The molecule has 0 aliphatic heterocycles. The Balaban J connectivity index is 2.16. The Morgan fingerprint density at radius 1 is 1.41 bits per heavy atom. The van der Waals surface area contributed by atoms with Crippen molar-refractivity contribution in [2.75, 3.05) is 11.5 Å². The third kappa shape index (κ3) is 2.77. The summed E-state index contributed by atoms with van der Waals surface area (Å²) in [5, 5.41) is 0. The third-order valence-electron chi connectivity index (χ3n) is 2.83. The van der Waals surface area contributed by atoms with Crippen LogP contribution in [0, 0.1) is 0 Å². The molecule has 0 bridgehead atoms. The highest BCUT2D eigenvalue weighted by atomic mass is 16.6. The lowest BCUT2D eigenvalue weighted by Crippen LogP contribution is -2.33. The standard InChI is InChI=1S/C13H18N2O2/c1-2-17-13(16)15(12-7-8-12)11-5-3-10(9-14)4-6-11/h3-6,12H,2,7-9,14H2,1H3. The molecule has 0 heterocycles. The van der Waals surface area contributed by atoms with E-state index < -0.39 is 0 Å². The molecule has 92 valence electrons. The van der Waals surface area contributed by atoms with Crippen molar-refractivity contribution in [1.29, 1.82) is 0 Å². The lowest BCUT2D eigenvalue weighted by molar-refractivity contribution is 0.159. The van der Waals surface area contributed by atoms with Gasteiger partial charge in [0.2, 0.25) is 0 Å². The Labute approximate surface area is 101 Å². The monoisotopic (exact) mass is 234 g/mol. The number of benzene rings is 1. The largest absolute Gasteiger partial charge is 0.449 e. The molecule has 0 unspecified atom stereocenters. The second-order valence-corrected chi connectivity index (χ2v) is 4.17. The maximum Gasteiger partial charge on any atom is 0.414 e. The van der Waals surface area contributed by atoms with Gasteiger partial charge >= 0.3 is 6.09 Å². The minimum Gasteiger partial charge on any atom is -0.449 e. The van der Waals surface area contributed by atoms with Gasteiger partial charge in [-0.3, -0.25) is 4.90 Å². The van der Waals surface area contributed by atoms with Crippen LogP contribution in [0.3, 0.4) is 0 Å². The summed E-state index contributed by atoms with van der Waals surface area (Å²) in [6.07, 6.45) is 1.85. The highest BCUT2D eigenvalue weighted by Crippen LogP contribution is 2.32. The molecule has 0 radical (unpaired) electrons. The van der Waals surface area contributed by atoms with Gasteiger partial charge in [-0.15, -0.1) is 0 Å². The minimum absolute atomic E-state index is 0.254. The Kier molecular flexibility index (Phi) is 3.64. The van der Waals surface area contributed by atoms with Gasteiger partial charge in [0.15, 0.2) is 0 Å². The first-order valence-corrected chi connectivity index (χ1v) is 6.01. The fourth-order valence-electron chi connectivity index (χ4n) is 1.78. The molecule has 1 aromatic rings. The number of amides is 1. The number of nitrogens with two attached hydrogens (primary N) is 1. The van der Waals surface area contributed by atoms with E-state index in [0.717, 1.165) is 24.1 Å². The van der Waals surface area contributed by atoms with Crippen LogP contribution in [0.2, 0.25) is 0 Å². The number of ether oxygens (including phenoxy) is 1. The van der Waals surface area contributed by atoms with Crippen LogP contribution >= 0.6 is 0 Å². The molecular formula is C13H18N2O2. The van der Waals surface area contributed by atoms with Crippen LogP contribution in [-0.4, -0.2) is 18.7 Å². The van der Waals surface area contributed by atoms with Gasteiger partial charge < -0.3 is 10.5 Å². The van der Waals surface area contributed by atoms with Gasteiger partial charge in [0.1, 0.15) is 0 Å².